The largest absolute Gasteiger partial charge is 0.318 e. The standard InChI is InChI=1S/C13H20N4O/c1-13(2,14)12(18)17-11-4-3-9-5-7-15-8-6-10(9)16-11/h3-4,15H,5-8,14H2,1-2H3,(H,16,17,18). The van der Waals surface area contributed by atoms with Crippen molar-refractivity contribution in [3.8, 4) is 0 Å². The molecule has 4 N–H and O–H groups in total. The van der Waals surface area contributed by atoms with E-state index in [1.165, 1.54) is 5.56 Å². The van der Waals surface area contributed by atoms with Crippen LogP contribution in [-0.4, -0.2) is 29.5 Å². The maximum atomic E-state index is 11.8. The lowest BCUT2D eigenvalue weighted by atomic mass is 10.1. The van der Waals surface area contributed by atoms with Crippen molar-refractivity contribution < 1.29 is 4.79 Å². The third kappa shape index (κ3) is 3.05. The van der Waals surface area contributed by atoms with Crippen molar-refractivity contribution in [1.82, 2.24) is 10.3 Å². The van der Waals surface area contributed by atoms with Crippen molar-refractivity contribution in [2.24, 2.45) is 5.73 Å². The molecule has 0 spiro atoms. The highest BCUT2D eigenvalue weighted by molar-refractivity contribution is 5.96. The number of carbonyl (C=O) groups excluding carboxylic acids is 1. The van der Waals surface area contributed by atoms with Gasteiger partial charge in [0.25, 0.3) is 0 Å². The number of hydrogen-bond donors (Lipinski definition) is 3. The molecule has 18 heavy (non-hydrogen) atoms. The van der Waals surface area contributed by atoms with Crippen LogP contribution in [0.1, 0.15) is 25.1 Å². The zero-order valence-corrected chi connectivity index (χ0v) is 10.9. The van der Waals surface area contributed by atoms with Gasteiger partial charge in [-0.25, -0.2) is 4.98 Å². The summed E-state index contributed by atoms with van der Waals surface area (Å²) in [6, 6.07) is 3.88. The van der Waals surface area contributed by atoms with Crippen molar-refractivity contribution >= 4 is 11.7 Å². The average Bonchev–Trinajstić information content (AvgIpc) is 2.52. The molecule has 1 aliphatic heterocycles. The van der Waals surface area contributed by atoms with E-state index in [9.17, 15) is 4.79 Å². The molecule has 1 aromatic heterocycles. The number of hydrogen-bond acceptors (Lipinski definition) is 4. The minimum Gasteiger partial charge on any atom is -0.318 e. The fourth-order valence-corrected chi connectivity index (χ4v) is 1.88. The number of pyridine rings is 1. The van der Waals surface area contributed by atoms with Crippen molar-refractivity contribution in [3.63, 3.8) is 0 Å². The van der Waals surface area contributed by atoms with Crippen LogP contribution in [0.5, 0.6) is 0 Å². The van der Waals surface area contributed by atoms with Crippen LogP contribution in [0.15, 0.2) is 12.1 Å². The summed E-state index contributed by atoms with van der Waals surface area (Å²) in [4.78, 5) is 16.3. The summed E-state index contributed by atoms with van der Waals surface area (Å²) in [7, 11) is 0. The smallest absolute Gasteiger partial charge is 0.245 e. The Balaban J connectivity index is 2.16. The van der Waals surface area contributed by atoms with Crippen molar-refractivity contribution in [1.29, 1.82) is 0 Å². The Morgan fingerprint density at radius 1 is 1.39 bits per heavy atom. The van der Waals surface area contributed by atoms with E-state index in [0.717, 1.165) is 31.6 Å². The number of fused-ring (bicyclic) bond motifs is 1. The molecule has 1 aromatic rings. The van der Waals surface area contributed by atoms with Gasteiger partial charge in [0, 0.05) is 18.7 Å². The summed E-state index contributed by atoms with van der Waals surface area (Å²) < 4.78 is 0. The summed E-state index contributed by atoms with van der Waals surface area (Å²) in [5.74, 6) is 0.362. The number of aromatic nitrogens is 1. The van der Waals surface area contributed by atoms with Crippen LogP contribution in [0.25, 0.3) is 0 Å². The van der Waals surface area contributed by atoms with E-state index in [2.05, 4.69) is 15.6 Å². The quantitative estimate of drug-likeness (QED) is 0.709. The monoisotopic (exact) mass is 248 g/mol. The van der Waals surface area contributed by atoms with Crippen molar-refractivity contribution in [2.45, 2.75) is 32.2 Å². The van der Waals surface area contributed by atoms with Gasteiger partial charge in [-0.2, -0.15) is 0 Å². The first-order valence-corrected chi connectivity index (χ1v) is 6.26. The summed E-state index contributed by atoms with van der Waals surface area (Å²) in [6.07, 6.45) is 1.88. The van der Waals surface area contributed by atoms with Crippen LogP contribution < -0.4 is 16.4 Å². The molecular formula is C13H20N4O. The molecule has 98 valence electrons. The molecule has 0 saturated heterocycles. The molecule has 1 aliphatic rings. The molecule has 0 aromatic carbocycles. The molecule has 5 nitrogen and oxygen atoms in total. The second-order valence-electron chi connectivity index (χ2n) is 5.23. The molecule has 0 atom stereocenters. The SMILES string of the molecule is CC(C)(N)C(=O)Nc1ccc2c(n1)CCNCC2. The predicted octanol–water partition coefficient (Wildman–Crippen LogP) is 0.446. The number of nitrogens with two attached hydrogens (primary N) is 1. The highest BCUT2D eigenvalue weighted by atomic mass is 16.2. The molecule has 0 unspecified atom stereocenters. The van der Waals surface area contributed by atoms with E-state index in [4.69, 9.17) is 5.73 Å². The number of amides is 1. The number of anilines is 1. The third-order valence-corrected chi connectivity index (χ3v) is 3.00. The minimum atomic E-state index is -0.893. The molecule has 0 radical (unpaired) electrons. The summed E-state index contributed by atoms with van der Waals surface area (Å²) >= 11 is 0. The van der Waals surface area contributed by atoms with E-state index in [0.29, 0.717) is 5.82 Å². The van der Waals surface area contributed by atoms with Gasteiger partial charge in [0.05, 0.1) is 5.54 Å². The van der Waals surface area contributed by atoms with E-state index in [-0.39, 0.29) is 5.91 Å². The maximum Gasteiger partial charge on any atom is 0.245 e. The van der Waals surface area contributed by atoms with Gasteiger partial charge in [-0.05, 0) is 38.4 Å². The Hall–Kier alpha value is -1.46. The molecule has 0 saturated carbocycles. The number of carbonyl (C=O) groups is 1. The van der Waals surface area contributed by atoms with Gasteiger partial charge in [-0.15, -0.1) is 0 Å². The molecule has 0 aliphatic carbocycles. The lowest BCUT2D eigenvalue weighted by Gasteiger charge is -2.18. The first kappa shape index (κ1) is 13.0. The predicted molar refractivity (Wildman–Crippen MR) is 71.4 cm³/mol. The number of nitrogens with one attached hydrogen (secondary N) is 2. The van der Waals surface area contributed by atoms with Crippen LogP contribution in [0, 0.1) is 0 Å². The Kier molecular flexibility index (Phi) is 3.63. The van der Waals surface area contributed by atoms with Gasteiger partial charge in [-0.1, -0.05) is 6.07 Å². The average molecular weight is 248 g/mol. The minimum absolute atomic E-state index is 0.221. The van der Waals surface area contributed by atoms with Gasteiger partial charge in [0.15, 0.2) is 0 Å². The van der Waals surface area contributed by atoms with E-state index in [1.54, 1.807) is 13.8 Å². The fraction of sp³-hybridized carbons (Fsp3) is 0.538. The zero-order valence-electron chi connectivity index (χ0n) is 10.9. The number of rotatable bonds is 2. The van der Waals surface area contributed by atoms with E-state index >= 15 is 0 Å². The highest BCUT2D eigenvalue weighted by Crippen LogP contribution is 2.15. The molecule has 2 rings (SSSR count). The lowest BCUT2D eigenvalue weighted by Crippen LogP contribution is -2.45. The van der Waals surface area contributed by atoms with E-state index in [1.807, 2.05) is 12.1 Å². The Morgan fingerprint density at radius 3 is 2.83 bits per heavy atom. The second kappa shape index (κ2) is 5.04. The molecule has 2 heterocycles. The molecular weight excluding hydrogens is 228 g/mol. The Labute approximate surface area is 107 Å². The van der Waals surface area contributed by atoms with Crippen molar-refractivity contribution in [3.05, 3.63) is 23.4 Å². The summed E-state index contributed by atoms with van der Waals surface area (Å²) in [6.45, 7) is 5.27. The van der Waals surface area contributed by atoms with Crippen LogP contribution in [-0.2, 0) is 17.6 Å². The van der Waals surface area contributed by atoms with Gasteiger partial charge in [0.1, 0.15) is 5.82 Å². The molecule has 0 bridgehead atoms. The summed E-state index contributed by atoms with van der Waals surface area (Å²) in [5.41, 5.74) is 7.16. The van der Waals surface area contributed by atoms with E-state index < -0.39 is 5.54 Å². The highest BCUT2D eigenvalue weighted by Gasteiger charge is 2.22. The number of nitrogens with zero attached hydrogens (tertiary/aromatic N) is 1. The topological polar surface area (TPSA) is 80.0 Å². The Bertz CT molecular complexity index is 451. The Morgan fingerprint density at radius 2 is 2.11 bits per heavy atom. The van der Waals surface area contributed by atoms with Gasteiger partial charge >= 0.3 is 0 Å². The fourth-order valence-electron chi connectivity index (χ4n) is 1.88. The zero-order chi connectivity index (χ0) is 13.2. The van der Waals surface area contributed by atoms with Gasteiger partial charge in [-0.3, -0.25) is 4.79 Å². The van der Waals surface area contributed by atoms with Crippen LogP contribution in [0.3, 0.4) is 0 Å². The molecule has 0 fully saturated rings. The molecule has 5 heteroatoms. The maximum absolute atomic E-state index is 11.8. The van der Waals surface area contributed by atoms with Crippen LogP contribution >= 0.6 is 0 Å². The first-order valence-electron chi connectivity index (χ1n) is 6.26. The van der Waals surface area contributed by atoms with Crippen LogP contribution in [0.2, 0.25) is 0 Å². The van der Waals surface area contributed by atoms with Gasteiger partial charge in [0.2, 0.25) is 5.91 Å². The first-order chi connectivity index (χ1) is 8.47. The van der Waals surface area contributed by atoms with Gasteiger partial charge < -0.3 is 16.4 Å². The normalized spacial score (nSPS) is 15.7. The molecule has 1 amide bonds. The summed E-state index contributed by atoms with van der Waals surface area (Å²) in [5, 5.41) is 6.09. The van der Waals surface area contributed by atoms with Crippen molar-refractivity contribution in [2.75, 3.05) is 18.4 Å². The lowest BCUT2D eigenvalue weighted by molar-refractivity contribution is -0.120. The van der Waals surface area contributed by atoms with Crippen LogP contribution in [0.4, 0.5) is 5.82 Å². The second-order valence-corrected chi connectivity index (χ2v) is 5.23. The third-order valence-electron chi connectivity index (χ3n) is 3.00.